The van der Waals surface area contributed by atoms with Crippen LogP contribution in [0.15, 0.2) is 35.1 Å². The van der Waals surface area contributed by atoms with Crippen molar-refractivity contribution in [3.05, 3.63) is 53.4 Å². The molecule has 5 heteroatoms. The minimum absolute atomic E-state index is 0.0412. The largest absolute Gasteiger partial charge is 0.468 e. The predicted molar refractivity (Wildman–Crippen MR) is 95.4 cm³/mol. The molecule has 130 valence electrons. The van der Waals surface area contributed by atoms with Gasteiger partial charge in [0.05, 0.1) is 24.2 Å². The molecule has 3 aromatic rings. The van der Waals surface area contributed by atoms with E-state index in [2.05, 4.69) is 48.5 Å². The van der Waals surface area contributed by atoms with Crippen molar-refractivity contribution in [2.24, 2.45) is 0 Å². The Labute approximate surface area is 147 Å². The first-order valence-corrected chi connectivity index (χ1v) is 9.17. The normalized spacial score (nSPS) is 23.3. The van der Waals surface area contributed by atoms with Crippen molar-refractivity contribution in [2.75, 3.05) is 0 Å². The van der Waals surface area contributed by atoms with Crippen LogP contribution in [0.4, 0.5) is 0 Å². The maximum absolute atomic E-state index is 5.58. The van der Waals surface area contributed by atoms with Gasteiger partial charge in [-0.15, -0.1) is 0 Å². The highest BCUT2D eigenvalue weighted by Crippen LogP contribution is 2.44. The summed E-state index contributed by atoms with van der Waals surface area (Å²) in [5.41, 5.74) is 4.82. The lowest BCUT2D eigenvalue weighted by molar-refractivity contribution is 0.152. The summed E-state index contributed by atoms with van der Waals surface area (Å²) < 4.78 is 7.69. The highest BCUT2D eigenvalue weighted by Gasteiger charge is 2.41. The number of nitrogens with zero attached hydrogens (tertiary/aromatic N) is 4. The second-order valence-electron chi connectivity index (χ2n) is 8.41. The first kappa shape index (κ1) is 15.1. The van der Waals surface area contributed by atoms with Crippen molar-refractivity contribution < 1.29 is 4.42 Å². The van der Waals surface area contributed by atoms with Crippen molar-refractivity contribution in [3.8, 4) is 0 Å². The van der Waals surface area contributed by atoms with Gasteiger partial charge in [-0.1, -0.05) is 20.8 Å². The smallest absolute Gasteiger partial charge is 0.155 e. The van der Waals surface area contributed by atoms with Crippen LogP contribution < -0.4 is 0 Å². The molecule has 5 nitrogen and oxygen atoms in total. The molecule has 2 bridgehead atoms. The summed E-state index contributed by atoms with van der Waals surface area (Å²) in [7, 11) is 0. The summed E-state index contributed by atoms with van der Waals surface area (Å²) in [6, 6.07) is 7.17. The average molecular weight is 336 g/mol. The zero-order valence-corrected chi connectivity index (χ0v) is 15.1. The van der Waals surface area contributed by atoms with Crippen LogP contribution in [0.5, 0.6) is 0 Å². The maximum atomic E-state index is 5.58. The van der Waals surface area contributed by atoms with Gasteiger partial charge >= 0.3 is 0 Å². The van der Waals surface area contributed by atoms with E-state index in [1.165, 1.54) is 24.1 Å². The average Bonchev–Trinajstić information content (AvgIpc) is 3.27. The van der Waals surface area contributed by atoms with Gasteiger partial charge in [-0.25, -0.2) is 9.50 Å². The van der Waals surface area contributed by atoms with E-state index in [9.17, 15) is 0 Å². The van der Waals surface area contributed by atoms with Crippen LogP contribution in [0.3, 0.4) is 0 Å². The SMILES string of the molecule is CC(C)(C)c1cc2ncc3c(n2n1)CC1CCC3N1Cc1ccco1. The van der Waals surface area contributed by atoms with E-state index in [4.69, 9.17) is 14.5 Å². The number of hydrogen-bond acceptors (Lipinski definition) is 4. The van der Waals surface area contributed by atoms with Crippen LogP contribution >= 0.6 is 0 Å². The fourth-order valence-electron chi connectivity index (χ4n) is 4.38. The second-order valence-corrected chi connectivity index (χ2v) is 8.41. The minimum atomic E-state index is 0.0412. The van der Waals surface area contributed by atoms with Crippen LogP contribution in [0.1, 0.15) is 62.4 Å². The highest BCUT2D eigenvalue weighted by molar-refractivity contribution is 5.45. The molecule has 0 amide bonds. The number of aromatic nitrogens is 3. The molecule has 3 aromatic heterocycles. The standard InChI is InChI=1S/C20H24N4O/c1-20(2,3)18-10-19-21-11-15-16-7-6-13(9-17(15)24(19)22-18)23(16)12-14-5-4-8-25-14/h4-5,8,10-11,13,16H,6-7,9,12H2,1-3H3. The van der Waals surface area contributed by atoms with E-state index in [1.807, 2.05) is 6.07 Å². The first-order valence-electron chi connectivity index (χ1n) is 9.17. The second kappa shape index (κ2) is 5.18. The Balaban J connectivity index is 1.57. The number of fused-ring (bicyclic) bond motifs is 6. The summed E-state index contributed by atoms with van der Waals surface area (Å²) >= 11 is 0. The third-order valence-electron chi connectivity index (χ3n) is 5.73. The fourth-order valence-corrected chi connectivity index (χ4v) is 4.38. The molecule has 2 unspecified atom stereocenters. The van der Waals surface area contributed by atoms with Gasteiger partial charge in [0.25, 0.3) is 0 Å². The minimum Gasteiger partial charge on any atom is -0.468 e. The molecule has 0 saturated carbocycles. The Bertz CT molecular complexity index is 919. The molecule has 1 saturated heterocycles. The summed E-state index contributed by atoms with van der Waals surface area (Å²) in [6.45, 7) is 7.49. The Hall–Kier alpha value is -2.14. The Morgan fingerprint density at radius 3 is 2.92 bits per heavy atom. The quantitative estimate of drug-likeness (QED) is 0.712. The van der Waals surface area contributed by atoms with E-state index in [0.29, 0.717) is 12.1 Å². The van der Waals surface area contributed by atoms with Gasteiger partial charge in [-0.05, 0) is 25.0 Å². The van der Waals surface area contributed by atoms with Gasteiger partial charge in [0.2, 0.25) is 0 Å². The Morgan fingerprint density at radius 1 is 1.28 bits per heavy atom. The van der Waals surface area contributed by atoms with Gasteiger partial charge in [0.1, 0.15) is 5.76 Å². The zero-order chi connectivity index (χ0) is 17.2. The van der Waals surface area contributed by atoms with Crippen molar-refractivity contribution in [1.82, 2.24) is 19.5 Å². The third-order valence-corrected chi connectivity index (χ3v) is 5.73. The van der Waals surface area contributed by atoms with Crippen LogP contribution in [0.25, 0.3) is 5.65 Å². The summed E-state index contributed by atoms with van der Waals surface area (Å²) in [4.78, 5) is 7.31. The maximum Gasteiger partial charge on any atom is 0.155 e. The summed E-state index contributed by atoms with van der Waals surface area (Å²) in [5.74, 6) is 1.04. The molecular formula is C20H24N4O. The molecule has 2 aliphatic heterocycles. The number of furan rings is 1. The van der Waals surface area contributed by atoms with Gasteiger partial charge < -0.3 is 4.42 Å². The monoisotopic (exact) mass is 336 g/mol. The zero-order valence-electron chi connectivity index (χ0n) is 15.1. The van der Waals surface area contributed by atoms with E-state index in [1.54, 1.807) is 6.26 Å². The number of rotatable bonds is 2. The molecule has 5 heterocycles. The third kappa shape index (κ3) is 2.33. The van der Waals surface area contributed by atoms with E-state index >= 15 is 0 Å². The molecule has 5 rings (SSSR count). The van der Waals surface area contributed by atoms with Crippen molar-refractivity contribution in [3.63, 3.8) is 0 Å². The molecule has 0 spiro atoms. The van der Waals surface area contributed by atoms with Gasteiger partial charge in [0, 0.05) is 41.7 Å². The molecule has 25 heavy (non-hydrogen) atoms. The topological polar surface area (TPSA) is 46.6 Å². The highest BCUT2D eigenvalue weighted by atomic mass is 16.3. The molecule has 2 aliphatic rings. The molecular weight excluding hydrogens is 312 g/mol. The van der Waals surface area contributed by atoms with Gasteiger partial charge in [-0.3, -0.25) is 4.90 Å². The lowest BCUT2D eigenvalue weighted by Crippen LogP contribution is -2.38. The molecule has 0 aromatic carbocycles. The van der Waals surface area contributed by atoms with Crippen LogP contribution in [-0.2, 0) is 18.4 Å². The van der Waals surface area contributed by atoms with Crippen molar-refractivity contribution in [1.29, 1.82) is 0 Å². The van der Waals surface area contributed by atoms with Crippen molar-refractivity contribution in [2.45, 2.75) is 64.1 Å². The molecule has 0 aliphatic carbocycles. The van der Waals surface area contributed by atoms with Crippen LogP contribution in [0.2, 0.25) is 0 Å². The van der Waals surface area contributed by atoms with Crippen LogP contribution in [-0.4, -0.2) is 25.5 Å². The lowest BCUT2D eigenvalue weighted by atomic mass is 9.93. The van der Waals surface area contributed by atoms with E-state index < -0.39 is 0 Å². The van der Waals surface area contributed by atoms with E-state index in [0.717, 1.165) is 30.1 Å². The fraction of sp³-hybridized carbons (Fsp3) is 0.500. The van der Waals surface area contributed by atoms with Crippen molar-refractivity contribution >= 4 is 5.65 Å². The Kier molecular flexibility index (Phi) is 3.14. The molecule has 0 radical (unpaired) electrons. The first-order chi connectivity index (χ1) is 12.0. The lowest BCUT2D eigenvalue weighted by Gasteiger charge is -2.35. The Morgan fingerprint density at radius 2 is 2.16 bits per heavy atom. The molecule has 1 fully saturated rings. The van der Waals surface area contributed by atoms with Crippen LogP contribution in [0, 0.1) is 0 Å². The van der Waals surface area contributed by atoms with E-state index in [-0.39, 0.29) is 5.41 Å². The predicted octanol–water partition coefficient (Wildman–Crippen LogP) is 3.88. The number of hydrogen-bond donors (Lipinski definition) is 0. The van der Waals surface area contributed by atoms with Gasteiger partial charge in [0.15, 0.2) is 5.65 Å². The van der Waals surface area contributed by atoms with Gasteiger partial charge in [-0.2, -0.15) is 5.10 Å². The molecule has 0 N–H and O–H groups in total. The molecule has 2 atom stereocenters. The summed E-state index contributed by atoms with van der Waals surface area (Å²) in [6.07, 6.45) is 7.31. The summed E-state index contributed by atoms with van der Waals surface area (Å²) in [5, 5.41) is 4.91.